The van der Waals surface area contributed by atoms with Crippen molar-refractivity contribution in [3.63, 3.8) is 0 Å². The molecule has 5 nitrogen and oxygen atoms in total. The van der Waals surface area contributed by atoms with Gasteiger partial charge in [-0.1, -0.05) is 0 Å². The first-order chi connectivity index (χ1) is 7.81. The molecule has 16 heavy (non-hydrogen) atoms. The molecule has 2 rings (SSSR count). The highest BCUT2D eigenvalue weighted by atomic mass is 16.3. The number of hydrogen-bond acceptors (Lipinski definition) is 5. The van der Waals surface area contributed by atoms with Gasteiger partial charge in [0.05, 0.1) is 12.4 Å². The van der Waals surface area contributed by atoms with Crippen molar-refractivity contribution in [1.29, 1.82) is 0 Å². The van der Waals surface area contributed by atoms with Crippen molar-refractivity contribution in [2.24, 2.45) is 0 Å². The Kier molecular flexibility index (Phi) is 3.56. The van der Waals surface area contributed by atoms with Crippen LogP contribution in [0.25, 0.3) is 0 Å². The van der Waals surface area contributed by atoms with Gasteiger partial charge in [0.2, 0.25) is 0 Å². The van der Waals surface area contributed by atoms with E-state index >= 15 is 0 Å². The Hall–Kier alpha value is -1.36. The molecule has 1 fully saturated rings. The van der Waals surface area contributed by atoms with Gasteiger partial charge in [-0.05, 0) is 25.7 Å². The molecule has 0 spiro atoms. The van der Waals surface area contributed by atoms with E-state index in [4.69, 9.17) is 10.8 Å². The molecular formula is C11H18N4O. The molecule has 0 aromatic carbocycles. The molecule has 0 aliphatic heterocycles. The van der Waals surface area contributed by atoms with Gasteiger partial charge in [-0.2, -0.15) is 0 Å². The van der Waals surface area contributed by atoms with E-state index < -0.39 is 0 Å². The molecule has 1 saturated carbocycles. The monoisotopic (exact) mass is 222 g/mol. The Bertz CT molecular complexity index is 323. The van der Waals surface area contributed by atoms with Crippen LogP contribution < -0.4 is 10.6 Å². The van der Waals surface area contributed by atoms with E-state index in [2.05, 4.69) is 14.9 Å². The second-order valence-corrected chi connectivity index (χ2v) is 4.15. The normalized spacial score (nSPS) is 15.8. The summed E-state index contributed by atoms with van der Waals surface area (Å²) in [5.41, 5.74) is 5.52. The zero-order valence-electron chi connectivity index (χ0n) is 9.34. The number of rotatable bonds is 5. The van der Waals surface area contributed by atoms with E-state index in [1.54, 1.807) is 12.4 Å². The fourth-order valence-corrected chi connectivity index (χ4v) is 1.90. The van der Waals surface area contributed by atoms with Crippen molar-refractivity contribution in [2.45, 2.75) is 31.7 Å². The lowest BCUT2D eigenvalue weighted by Crippen LogP contribution is -2.41. The molecule has 1 aliphatic rings. The van der Waals surface area contributed by atoms with Gasteiger partial charge in [-0.25, -0.2) is 9.97 Å². The van der Waals surface area contributed by atoms with E-state index in [1.165, 1.54) is 19.3 Å². The van der Waals surface area contributed by atoms with Crippen molar-refractivity contribution < 1.29 is 5.11 Å². The molecule has 3 N–H and O–H groups in total. The van der Waals surface area contributed by atoms with Gasteiger partial charge in [-0.3, -0.25) is 0 Å². The van der Waals surface area contributed by atoms with Gasteiger partial charge in [0.1, 0.15) is 11.6 Å². The average Bonchev–Trinajstić information content (AvgIpc) is 2.23. The van der Waals surface area contributed by atoms with E-state index in [9.17, 15) is 0 Å². The van der Waals surface area contributed by atoms with Crippen molar-refractivity contribution in [1.82, 2.24) is 9.97 Å². The second kappa shape index (κ2) is 5.12. The van der Waals surface area contributed by atoms with Crippen molar-refractivity contribution >= 4 is 11.6 Å². The van der Waals surface area contributed by atoms with Crippen LogP contribution in [0.4, 0.5) is 11.6 Å². The van der Waals surface area contributed by atoms with Crippen LogP contribution in [0.15, 0.2) is 12.4 Å². The predicted molar refractivity (Wildman–Crippen MR) is 63.1 cm³/mol. The molecule has 88 valence electrons. The Morgan fingerprint density at radius 2 is 2.19 bits per heavy atom. The quantitative estimate of drug-likeness (QED) is 0.770. The molecule has 1 aromatic heterocycles. The fourth-order valence-electron chi connectivity index (χ4n) is 1.90. The summed E-state index contributed by atoms with van der Waals surface area (Å²) in [6.07, 6.45) is 7.76. The van der Waals surface area contributed by atoms with E-state index in [1.807, 2.05) is 0 Å². The minimum Gasteiger partial charge on any atom is -0.396 e. The fraction of sp³-hybridized carbons (Fsp3) is 0.636. The van der Waals surface area contributed by atoms with Crippen LogP contribution in [0, 0.1) is 0 Å². The van der Waals surface area contributed by atoms with Crippen LogP contribution in [0.1, 0.15) is 25.7 Å². The third kappa shape index (κ3) is 2.41. The number of aliphatic hydroxyl groups excluding tert-OH is 1. The van der Waals surface area contributed by atoms with Crippen molar-refractivity contribution in [3.05, 3.63) is 12.4 Å². The highest BCUT2D eigenvalue weighted by molar-refractivity contribution is 5.41. The van der Waals surface area contributed by atoms with Crippen LogP contribution in [0.5, 0.6) is 0 Å². The molecule has 0 radical (unpaired) electrons. The zero-order chi connectivity index (χ0) is 11.4. The summed E-state index contributed by atoms with van der Waals surface area (Å²) in [5, 5.41) is 8.90. The molecule has 0 unspecified atom stereocenters. The van der Waals surface area contributed by atoms with Gasteiger partial charge in [0.15, 0.2) is 0 Å². The molecular weight excluding hydrogens is 204 g/mol. The Labute approximate surface area is 95.3 Å². The zero-order valence-corrected chi connectivity index (χ0v) is 9.34. The third-order valence-electron chi connectivity index (χ3n) is 3.03. The largest absolute Gasteiger partial charge is 0.396 e. The lowest BCUT2D eigenvalue weighted by atomic mass is 9.91. The molecule has 0 bridgehead atoms. The standard InChI is InChI=1S/C11H18N4O/c12-10-7-14-11(8-13-10)15(5-2-6-16)9-3-1-4-9/h7-9,16H,1-6H2,(H2,12,13). The van der Waals surface area contributed by atoms with Gasteiger partial charge in [0, 0.05) is 19.2 Å². The highest BCUT2D eigenvalue weighted by Crippen LogP contribution is 2.28. The SMILES string of the molecule is Nc1cnc(N(CCCO)C2CCC2)cn1. The van der Waals surface area contributed by atoms with Crippen molar-refractivity contribution in [2.75, 3.05) is 23.8 Å². The minimum atomic E-state index is 0.214. The molecule has 1 aliphatic carbocycles. The summed E-state index contributed by atoms with van der Waals surface area (Å²) in [5.74, 6) is 1.31. The van der Waals surface area contributed by atoms with Crippen LogP contribution >= 0.6 is 0 Å². The first-order valence-electron chi connectivity index (χ1n) is 5.76. The smallest absolute Gasteiger partial charge is 0.147 e. The first kappa shape index (κ1) is 11.1. The lowest BCUT2D eigenvalue weighted by Gasteiger charge is -2.38. The summed E-state index contributed by atoms with van der Waals surface area (Å²) in [6, 6.07) is 0.560. The van der Waals surface area contributed by atoms with Gasteiger partial charge < -0.3 is 15.7 Å². The van der Waals surface area contributed by atoms with Crippen LogP contribution in [0.2, 0.25) is 0 Å². The Morgan fingerprint density at radius 1 is 1.38 bits per heavy atom. The molecule has 0 atom stereocenters. The van der Waals surface area contributed by atoms with Crippen LogP contribution in [-0.2, 0) is 0 Å². The highest BCUT2D eigenvalue weighted by Gasteiger charge is 2.25. The third-order valence-corrected chi connectivity index (χ3v) is 3.03. The van der Waals surface area contributed by atoms with Crippen LogP contribution in [-0.4, -0.2) is 34.3 Å². The molecule has 0 amide bonds. The lowest BCUT2D eigenvalue weighted by molar-refractivity contribution is 0.282. The average molecular weight is 222 g/mol. The summed E-state index contributed by atoms with van der Waals surface area (Å²) < 4.78 is 0. The van der Waals surface area contributed by atoms with Gasteiger partial charge >= 0.3 is 0 Å². The number of anilines is 2. The number of aliphatic hydroxyl groups is 1. The van der Waals surface area contributed by atoms with Gasteiger partial charge in [0.25, 0.3) is 0 Å². The number of nitrogens with two attached hydrogens (primary N) is 1. The molecule has 0 saturated heterocycles. The van der Waals surface area contributed by atoms with E-state index in [0.717, 1.165) is 18.8 Å². The van der Waals surface area contributed by atoms with E-state index in [-0.39, 0.29) is 6.61 Å². The number of nitrogens with zero attached hydrogens (tertiary/aromatic N) is 3. The Balaban J connectivity index is 2.07. The Morgan fingerprint density at radius 3 is 2.69 bits per heavy atom. The summed E-state index contributed by atoms with van der Waals surface area (Å²) in [6.45, 7) is 1.05. The number of nitrogen functional groups attached to an aromatic ring is 1. The predicted octanol–water partition coefficient (Wildman–Crippen LogP) is 0.800. The summed E-state index contributed by atoms with van der Waals surface area (Å²) in [4.78, 5) is 10.6. The molecule has 1 aromatic rings. The molecule has 1 heterocycles. The maximum Gasteiger partial charge on any atom is 0.147 e. The summed E-state index contributed by atoms with van der Waals surface area (Å²) >= 11 is 0. The van der Waals surface area contributed by atoms with Gasteiger partial charge in [-0.15, -0.1) is 0 Å². The maximum absolute atomic E-state index is 8.90. The first-order valence-corrected chi connectivity index (χ1v) is 5.76. The van der Waals surface area contributed by atoms with Crippen molar-refractivity contribution in [3.8, 4) is 0 Å². The minimum absolute atomic E-state index is 0.214. The second-order valence-electron chi connectivity index (χ2n) is 4.15. The van der Waals surface area contributed by atoms with E-state index in [0.29, 0.717) is 11.9 Å². The number of aromatic nitrogens is 2. The topological polar surface area (TPSA) is 75.3 Å². The summed E-state index contributed by atoms with van der Waals surface area (Å²) in [7, 11) is 0. The maximum atomic E-state index is 8.90. The number of hydrogen-bond donors (Lipinski definition) is 2. The van der Waals surface area contributed by atoms with Crippen LogP contribution in [0.3, 0.4) is 0 Å². The molecule has 5 heteroatoms.